The Morgan fingerprint density at radius 1 is 1.11 bits per heavy atom. The highest BCUT2D eigenvalue weighted by molar-refractivity contribution is 7.95. The Morgan fingerprint density at radius 3 is 2.33 bits per heavy atom. The number of fused-ring (bicyclic) bond motifs is 2. The van der Waals surface area contributed by atoms with E-state index in [-0.39, 0.29) is 18.3 Å². The van der Waals surface area contributed by atoms with Crippen molar-refractivity contribution >= 4 is 12.0 Å². The molecule has 0 aromatic rings. The van der Waals surface area contributed by atoms with Gasteiger partial charge in [-0.05, 0) is 31.1 Å². The lowest BCUT2D eigenvalue weighted by atomic mass is 9.84. The van der Waals surface area contributed by atoms with Gasteiger partial charge in [-0.25, -0.2) is 4.89 Å². The van der Waals surface area contributed by atoms with Crippen LogP contribution in [0.4, 0.5) is 17.6 Å². The van der Waals surface area contributed by atoms with Gasteiger partial charge in [-0.2, -0.15) is 17.6 Å². The molecule has 0 N–H and O–H groups in total. The molecule has 0 radical (unpaired) electrons. The molecule has 0 aromatic heterocycles. The molecule has 18 heavy (non-hydrogen) atoms. The standard InChI is InChI=1S/C10H14F4O3S/c1-15-16-17-18-10(13,14)9(11,12)8-5-6-2-3-7(8)4-6/h6-8H,2-5H2,1H3. The second-order valence-electron chi connectivity index (χ2n) is 4.81. The molecule has 0 aromatic carbocycles. The quantitative estimate of drug-likeness (QED) is 0.244. The van der Waals surface area contributed by atoms with Crippen LogP contribution in [0.3, 0.4) is 0 Å². The second kappa shape index (κ2) is 5.15. The van der Waals surface area contributed by atoms with Gasteiger partial charge in [-0.3, -0.25) is 0 Å². The molecule has 2 rings (SSSR count). The van der Waals surface area contributed by atoms with Crippen LogP contribution >= 0.6 is 12.0 Å². The van der Waals surface area contributed by atoms with Gasteiger partial charge in [0.1, 0.15) is 12.0 Å². The van der Waals surface area contributed by atoms with Crippen LogP contribution in [0.5, 0.6) is 0 Å². The van der Waals surface area contributed by atoms with Crippen molar-refractivity contribution in [1.82, 2.24) is 0 Å². The summed E-state index contributed by atoms with van der Waals surface area (Å²) >= 11 is -0.706. The summed E-state index contributed by atoms with van der Waals surface area (Å²) in [6.07, 6.45) is 2.29. The second-order valence-corrected chi connectivity index (χ2v) is 5.62. The highest BCUT2D eigenvalue weighted by Crippen LogP contribution is 2.59. The van der Waals surface area contributed by atoms with Gasteiger partial charge in [0.05, 0.1) is 7.11 Å². The van der Waals surface area contributed by atoms with Crippen molar-refractivity contribution in [3.05, 3.63) is 0 Å². The molecule has 0 aliphatic heterocycles. The molecule has 3 nitrogen and oxygen atoms in total. The molecule has 2 aliphatic carbocycles. The van der Waals surface area contributed by atoms with E-state index in [4.69, 9.17) is 0 Å². The lowest BCUT2D eigenvalue weighted by Gasteiger charge is -2.33. The molecule has 8 heteroatoms. The molecule has 0 spiro atoms. The third-order valence-electron chi connectivity index (χ3n) is 3.83. The van der Waals surface area contributed by atoms with Crippen LogP contribution in [0.15, 0.2) is 0 Å². The van der Waals surface area contributed by atoms with E-state index in [1.807, 2.05) is 0 Å². The topological polar surface area (TPSA) is 27.7 Å². The van der Waals surface area contributed by atoms with Crippen molar-refractivity contribution in [2.45, 2.75) is 36.9 Å². The van der Waals surface area contributed by atoms with Crippen LogP contribution in [0, 0.1) is 17.8 Å². The summed E-state index contributed by atoms with van der Waals surface area (Å²) in [6.45, 7) is 0. The van der Waals surface area contributed by atoms with Crippen LogP contribution in [-0.4, -0.2) is 18.3 Å². The minimum atomic E-state index is -4.33. The first-order valence-corrected chi connectivity index (χ1v) is 6.43. The number of rotatable bonds is 6. The molecule has 3 unspecified atom stereocenters. The summed E-state index contributed by atoms with van der Waals surface area (Å²) < 4.78 is 58.4. The maximum atomic E-state index is 13.8. The largest absolute Gasteiger partial charge is 0.383 e. The van der Waals surface area contributed by atoms with E-state index in [0.29, 0.717) is 12.8 Å². The first kappa shape index (κ1) is 14.4. The van der Waals surface area contributed by atoms with Crippen LogP contribution < -0.4 is 0 Å². The minimum Gasteiger partial charge on any atom is -0.209 e. The van der Waals surface area contributed by atoms with Crippen molar-refractivity contribution in [2.24, 2.45) is 17.8 Å². The lowest BCUT2D eigenvalue weighted by molar-refractivity contribution is -0.449. The Hall–Kier alpha value is -0.0500. The minimum absolute atomic E-state index is 0.166. The molecule has 2 aliphatic rings. The van der Waals surface area contributed by atoms with Gasteiger partial charge in [0.25, 0.3) is 0 Å². The van der Waals surface area contributed by atoms with Gasteiger partial charge in [-0.15, -0.1) is 4.33 Å². The zero-order chi connectivity index (χ0) is 13.4. The number of alkyl halides is 4. The van der Waals surface area contributed by atoms with Gasteiger partial charge in [0, 0.05) is 5.92 Å². The van der Waals surface area contributed by atoms with Gasteiger partial charge in [0.2, 0.25) is 0 Å². The summed E-state index contributed by atoms with van der Waals surface area (Å²) in [6, 6.07) is 0. The molecule has 3 atom stereocenters. The van der Waals surface area contributed by atoms with Crippen molar-refractivity contribution < 1.29 is 31.8 Å². The van der Waals surface area contributed by atoms with Gasteiger partial charge in [0.15, 0.2) is 0 Å². The van der Waals surface area contributed by atoms with E-state index in [0.717, 1.165) is 13.5 Å². The summed E-state index contributed by atoms with van der Waals surface area (Å²) in [7, 11) is 1.02. The van der Waals surface area contributed by atoms with Gasteiger partial charge >= 0.3 is 11.2 Å². The predicted octanol–water partition coefficient (Wildman–Crippen LogP) is 3.81. The van der Waals surface area contributed by atoms with E-state index >= 15 is 0 Å². The lowest BCUT2D eigenvalue weighted by Crippen LogP contribution is -2.46. The maximum Gasteiger partial charge on any atom is 0.383 e. The Morgan fingerprint density at radius 2 is 1.83 bits per heavy atom. The fraction of sp³-hybridized carbons (Fsp3) is 1.00. The average Bonchev–Trinajstić information content (AvgIpc) is 2.90. The first-order valence-electron chi connectivity index (χ1n) is 5.69. The number of halogens is 4. The fourth-order valence-corrected chi connectivity index (χ4v) is 3.48. The van der Waals surface area contributed by atoms with E-state index in [1.165, 1.54) is 0 Å². The van der Waals surface area contributed by atoms with Crippen molar-refractivity contribution in [3.8, 4) is 0 Å². The van der Waals surface area contributed by atoms with E-state index in [1.54, 1.807) is 0 Å². The third kappa shape index (κ3) is 2.48. The fourth-order valence-electron chi connectivity index (χ4n) is 3.04. The van der Waals surface area contributed by atoms with E-state index in [2.05, 4.69) is 14.3 Å². The molecule has 2 bridgehead atoms. The summed E-state index contributed by atoms with van der Waals surface area (Å²) in [5.41, 5.74) is 0. The maximum absolute atomic E-state index is 13.8. The highest BCUT2D eigenvalue weighted by Gasteiger charge is 2.66. The van der Waals surface area contributed by atoms with E-state index < -0.39 is 29.1 Å². The summed E-state index contributed by atoms with van der Waals surface area (Å²) in [5.74, 6) is -5.51. The van der Waals surface area contributed by atoms with Crippen LogP contribution in [0.1, 0.15) is 25.7 Å². The third-order valence-corrected chi connectivity index (χ3v) is 4.43. The van der Waals surface area contributed by atoms with Gasteiger partial charge < -0.3 is 0 Å². The van der Waals surface area contributed by atoms with Crippen molar-refractivity contribution in [3.63, 3.8) is 0 Å². The predicted molar refractivity (Wildman–Crippen MR) is 55.6 cm³/mol. The van der Waals surface area contributed by atoms with Crippen LogP contribution in [0.25, 0.3) is 0 Å². The smallest absolute Gasteiger partial charge is 0.209 e. The van der Waals surface area contributed by atoms with Gasteiger partial charge in [-0.1, -0.05) is 11.5 Å². The Kier molecular flexibility index (Phi) is 4.10. The molecule has 0 amide bonds. The Balaban J connectivity index is 2.00. The average molecular weight is 290 g/mol. The van der Waals surface area contributed by atoms with E-state index in [9.17, 15) is 17.6 Å². The van der Waals surface area contributed by atoms with Crippen molar-refractivity contribution in [1.29, 1.82) is 0 Å². The summed E-state index contributed by atoms with van der Waals surface area (Å²) in [4.78, 5) is 3.90. The SMILES string of the molecule is COOOSC(F)(F)C(F)(F)C1CC2CCC1C2. The molecule has 0 saturated heterocycles. The molecule has 2 saturated carbocycles. The highest BCUT2D eigenvalue weighted by atomic mass is 32.2. The van der Waals surface area contributed by atoms with Crippen LogP contribution in [0.2, 0.25) is 0 Å². The molecule has 106 valence electrons. The summed E-state index contributed by atoms with van der Waals surface area (Å²) in [5, 5.41) is -0.594. The van der Waals surface area contributed by atoms with Crippen LogP contribution in [-0.2, 0) is 14.3 Å². The van der Waals surface area contributed by atoms with Crippen molar-refractivity contribution in [2.75, 3.05) is 7.11 Å². The molecular formula is C10H14F4O3S. The normalized spacial score (nSPS) is 32.2. The zero-order valence-corrected chi connectivity index (χ0v) is 10.5. The zero-order valence-electron chi connectivity index (χ0n) is 9.71. The monoisotopic (exact) mass is 290 g/mol. The molecular weight excluding hydrogens is 276 g/mol. The molecule has 0 heterocycles. The number of hydrogen-bond donors (Lipinski definition) is 0. The Labute approximate surface area is 106 Å². The first-order chi connectivity index (χ1) is 8.38. The molecule has 2 fully saturated rings. The number of hydrogen-bond acceptors (Lipinski definition) is 4. The Bertz CT molecular complexity index is 303.